The zero-order chi connectivity index (χ0) is 17.4. The fourth-order valence-electron chi connectivity index (χ4n) is 3.44. The topological polar surface area (TPSA) is 98.7 Å². The predicted octanol–water partition coefficient (Wildman–Crippen LogP) is 2.52. The summed E-state index contributed by atoms with van der Waals surface area (Å²) in [6.07, 6.45) is 6.11. The molecule has 0 spiro atoms. The largest absolute Gasteiger partial charge is 0.345 e. The maximum Gasteiger partial charge on any atom is 0.252 e. The van der Waals surface area contributed by atoms with Gasteiger partial charge in [0, 0.05) is 23.7 Å². The third-order valence-electron chi connectivity index (χ3n) is 4.66. The molecule has 0 amide bonds. The number of fused-ring (bicyclic) bond motifs is 1. The molecule has 0 aromatic carbocycles. The Morgan fingerprint density at radius 1 is 1.28 bits per heavy atom. The molecule has 1 saturated carbocycles. The van der Waals surface area contributed by atoms with E-state index in [2.05, 4.69) is 25.4 Å². The van der Waals surface area contributed by atoms with Crippen molar-refractivity contribution in [3.63, 3.8) is 0 Å². The molecule has 0 saturated heterocycles. The van der Waals surface area contributed by atoms with Gasteiger partial charge < -0.3 is 9.84 Å². The van der Waals surface area contributed by atoms with Crippen LogP contribution in [0.5, 0.6) is 0 Å². The standard InChI is InChI=1S/C17H20N6O2/c1-10-7-15(24)23(12-5-3-4-6-12)16-13(10)8-18-17(21-16)19-9-14-20-11(2)22-25-14/h7-8,12H,3-6,9H2,1-2H3,(H,18,19,21). The molecule has 8 heteroatoms. The van der Waals surface area contributed by atoms with Crippen LogP contribution in [0.3, 0.4) is 0 Å². The lowest BCUT2D eigenvalue weighted by atomic mass is 10.1. The van der Waals surface area contributed by atoms with Crippen LogP contribution in [-0.4, -0.2) is 24.7 Å². The van der Waals surface area contributed by atoms with Crippen LogP contribution in [0.15, 0.2) is 21.6 Å². The summed E-state index contributed by atoms with van der Waals surface area (Å²) in [6, 6.07) is 1.90. The maximum absolute atomic E-state index is 12.6. The van der Waals surface area contributed by atoms with Gasteiger partial charge in [0.2, 0.25) is 11.8 Å². The molecule has 1 aliphatic rings. The van der Waals surface area contributed by atoms with Crippen molar-refractivity contribution >= 4 is 17.0 Å². The third-order valence-corrected chi connectivity index (χ3v) is 4.66. The van der Waals surface area contributed by atoms with Gasteiger partial charge in [0.25, 0.3) is 5.56 Å². The van der Waals surface area contributed by atoms with Crippen LogP contribution in [0.25, 0.3) is 11.0 Å². The van der Waals surface area contributed by atoms with E-state index in [4.69, 9.17) is 4.52 Å². The minimum Gasteiger partial charge on any atom is -0.345 e. The number of nitrogens with one attached hydrogen (secondary N) is 1. The average Bonchev–Trinajstić information content (AvgIpc) is 3.24. The van der Waals surface area contributed by atoms with E-state index in [1.807, 2.05) is 11.5 Å². The Kier molecular flexibility index (Phi) is 3.95. The van der Waals surface area contributed by atoms with Gasteiger partial charge >= 0.3 is 0 Å². The molecule has 25 heavy (non-hydrogen) atoms. The van der Waals surface area contributed by atoms with Gasteiger partial charge in [0.15, 0.2) is 5.82 Å². The summed E-state index contributed by atoms with van der Waals surface area (Å²) >= 11 is 0. The quantitative estimate of drug-likeness (QED) is 0.779. The van der Waals surface area contributed by atoms with Gasteiger partial charge in [0.1, 0.15) is 5.65 Å². The Morgan fingerprint density at radius 3 is 2.80 bits per heavy atom. The number of hydrogen-bond acceptors (Lipinski definition) is 7. The molecule has 3 aromatic rings. The molecule has 0 aliphatic heterocycles. The molecular formula is C17H20N6O2. The van der Waals surface area contributed by atoms with E-state index in [0.29, 0.717) is 29.9 Å². The van der Waals surface area contributed by atoms with Crippen molar-refractivity contribution in [2.75, 3.05) is 5.32 Å². The fourth-order valence-corrected chi connectivity index (χ4v) is 3.44. The lowest BCUT2D eigenvalue weighted by molar-refractivity contribution is 0.379. The summed E-state index contributed by atoms with van der Waals surface area (Å²) in [5.74, 6) is 1.50. The molecule has 3 heterocycles. The highest BCUT2D eigenvalue weighted by molar-refractivity contribution is 5.79. The lowest BCUT2D eigenvalue weighted by Crippen LogP contribution is -2.24. The minimum atomic E-state index is 0.00840. The van der Waals surface area contributed by atoms with E-state index in [1.165, 1.54) is 0 Å². The Balaban J connectivity index is 1.72. The molecule has 1 aliphatic carbocycles. The predicted molar refractivity (Wildman–Crippen MR) is 92.4 cm³/mol. The van der Waals surface area contributed by atoms with Crippen LogP contribution in [0, 0.1) is 13.8 Å². The molecule has 0 unspecified atom stereocenters. The van der Waals surface area contributed by atoms with Crippen LogP contribution in [0.2, 0.25) is 0 Å². The molecule has 0 radical (unpaired) electrons. The minimum absolute atomic E-state index is 0.00840. The Hall–Kier alpha value is -2.77. The Labute approximate surface area is 144 Å². The van der Waals surface area contributed by atoms with Gasteiger partial charge in [0.05, 0.1) is 6.54 Å². The van der Waals surface area contributed by atoms with Gasteiger partial charge in [-0.2, -0.15) is 9.97 Å². The maximum atomic E-state index is 12.6. The highest BCUT2D eigenvalue weighted by atomic mass is 16.5. The molecule has 1 fully saturated rings. The molecule has 0 atom stereocenters. The first-order valence-electron chi connectivity index (χ1n) is 8.54. The number of nitrogens with zero attached hydrogens (tertiary/aromatic N) is 5. The van der Waals surface area contributed by atoms with Gasteiger partial charge in [-0.15, -0.1) is 0 Å². The van der Waals surface area contributed by atoms with Crippen molar-refractivity contribution in [1.29, 1.82) is 0 Å². The average molecular weight is 340 g/mol. The highest BCUT2D eigenvalue weighted by Crippen LogP contribution is 2.30. The number of anilines is 1. The SMILES string of the molecule is Cc1noc(CNc2ncc3c(C)cc(=O)n(C4CCCC4)c3n2)n1. The second kappa shape index (κ2) is 6.27. The van der Waals surface area contributed by atoms with Crippen LogP contribution < -0.4 is 10.9 Å². The van der Waals surface area contributed by atoms with Crippen molar-refractivity contribution in [1.82, 2.24) is 24.7 Å². The van der Waals surface area contributed by atoms with Crippen molar-refractivity contribution in [2.24, 2.45) is 0 Å². The van der Waals surface area contributed by atoms with Gasteiger partial charge in [-0.25, -0.2) is 4.98 Å². The van der Waals surface area contributed by atoms with Crippen molar-refractivity contribution < 1.29 is 4.52 Å². The summed E-state index contributed by atoms with van der Waals surface area (Å²) in [4.78, 5) is 25.7. The number of aromatic nitrogens is 5. The van der Waals surface area contributed by atoms with Crippen LogP contribution in [-0.2, 0) is 6.54 Å². The number of pyridine rings is 1. The summed E-state index contributed by atoms with van der Waals surface area (Å²) in [6.45, 7) is 4.02. The van der Waals surface area contributed by atoms with Crippen molar-refractivity contribution in [3.8, 4) is 0 Å². The Bertz CT molecular complexity index is 971. The summed E-state index contributed by atoms with van der Waals surface area (Å²) < 4.78 is 6.91. The first-order valence-corrected chi connectivity index (χ1v) is 8.54. The lowest BCUT2D eigenvalue weighted by Gasteiger charge is -2.17. The van der Waals surface area contributed by atoms with Crippen LogP contribution in [0.1, 0.15) is 49.0 Å². The van der Waals surface area contributed by atoms with Gasteiger partial charge in [-0.1, -0.05) is 18.0 Å². The normalized spacial score (nSPS) is 15.1. The molecule has 0 bridgehead atoms. The molecule has 1 N–H and O–H groups in total. The van der Waals surface area contributed by atoms with E-state index >= 15 is 0 Å². The summed E-state index contributed by atoms with van der Waals surface area (Å²) in [7, 11) is 0. The van der Waals surface area contributed by atoms with E-state index < -0.39 is 0 Å². The van der Waals surface area contributed by atoms with E-state index in [9.17, 15) is 4.79 Å². The number of aryl methyl sites for hydroxylation is 2. The third kappa shape index (κ3) is 2.99. The van der Waals surface area contributed by atoms with Gasteiger partial charge in [-0.05, 0) is 32.3 Å². The first kappa shape index (κ1) is 15.7. The zero-order valence-corrected chi connectivity index (χ0v) is 14.3. The molecule has 3 aromatic heterocycles. The second-order valence-electron chi connectivity index (χ2n) is 6.49. The van der Waals surface area contributed by atoms with Crippen molar-refractivity contribution in [3.05, 3.63) is 39.9 Å². The summed E-state index contributed by atoms with van der Waals surface area (Å²) in [5, 5.41) is 7.75. The van der Waals surface area contributed by atoms with Crippen LogP contribution >= 0.6 is 0 Å². The second-order valence-corrected chi connectivity index (χ2v) is 6.49. The molecular weight excluding hydrogens is 320 g/mol. The summed E-state index contributed by atoms with van der Waals surface area (Å²) in [5.41, 5.74) is 1.60. The monoisotopic (exact) mass is 340 g/mol. The zero-order valence-electron chi connectivity index (χ0n) is 14.3. The fraction of sp³-hybridized carbons (Fsp3) is 0.471. The molecule has 4 rings (SSSR count). The van der Waals surface area contributed by atoms with E-state index in [0.717, 1.165) is 36.6 Å². The van der Waals surface area contributed by atoms with E-state index in [1.54, 1.807) is 19.2 Å². The van der Waals surface area contributed by atoms with E-state index in [-0.39, 0.29) is 11.6 Å². The molecule has 130 valence electrons. The smallest absolute Gasteiger partial charge is 0.252 e. The Morgan fingerprint density at radius 2 is 2.08 bits per heavy atom. The number of hydrogen-bond donors (Lipinski definition) is 1. The first-order chi connectivity index (χ1) is 12.1. The molecule has 8 nitrogen and oxygen atoms in total. The number of rotatable bonds is 4. The van der Waals surface area contributed by atoms with Gasteiger partial charge in [-0.3, -0.25) is 9.36 Å². The highest BCUT2D eigenvalue weighted by Gasteiger charge is 2.21. The van der Waals surface area contributed by atoms with Crippen molar-refractivity contribution in [2.45, 2.75) is 52.1 Å². The van der Waals surface area contributed by atoms with Crippen LogP contribution in [0.4, 0.5) is 5.95 Å².